The van der Waals surface area contributed by atoms with E-state index < -0.39 is 0 Å². The third-order valence-electron chi connectivity index (χ3n) is 3.18. The van der Waals surface area contributed by atoms with E-state index in [1.807, 2.05) is 11.4 Å². The fourth-order valence-corrected chi connectivity index (χ4v) is 2.85. The number of rotatable bonds is 4. The minimum Gasteiger partial charge on any atom is -0.346 e. The first-order valence-corrected chi connectivity index (χ1v) is 7.67. The minimum atomic E-state index is -0.106. The number of benzene rings is 1. The largest absolute Gasteiger partial charge is 0.346 e. The van der Waals surface area contributed by atoms with Gasteiger partial charge in [0.05, 0.1) is 34.6 Å². The van der Waals surface area contributed by atoms with Crippen LogP contribution in [-0.2, 0) is 6.54 Å². The fourth-order valence-electron chi connectivity index (χ4n) is 2.02. The number of aromatic amines is 1. The molecule has 5 nitrogen and oxygen atoms in total. The molecule has 1 aromatic carbocycles. The van der Waals surface area contributed by atoms with Crippen LogP contribution in [0.2, 0.25) is 0 Å². The van der Waals surface area contributed by atoms with Crippen LogP contribution in [0, 0.1) is 0 Å². The number of carbonyl (C=O) groups is 1. The molecule has 0 saturated heterocycles. The molecule has 21 heavy (non-hydrogen) atoms. The van der Waals surface area contributed by atoms with Crippen LogP contribution in [0.15, 0.2) is 29.9 Å². The molecule has 0 unspecified atom stereocenters. The number of nitrogens with zero attached hydrogens (tertiary/aromatic N) is 2. The van der Waals surface area contributed by atoms with Crippen LogP contribution < -0.4 is 5.32 Å². The smallest absolute Gasteiger partial charge is 0.251 e. The van der Waals surface area contributed by atoms with Gasteiger partial charge in [-0.05, 0) is 18.2 Å². The zero-order valence-corrected chi connectivity index (χ0v) is 12.7. The highest BCUT2D eigenvalue weighted by atomic mass is 32.1. The van der Waals surface area contributed by atoms with Gasteiger partial charge < -0.3 is 10.3 Å². The molecular formula is C15H16N4OS. The summed E-state index contributed by atoms with van der Waals surface area (Å²) in [5.74, 6) is 0.313. The lowest BCUT2D eigenvalue weighted by molar-refractivity contribution is 0.0950. The van der Waals surface area contributed by atoms with Gasteiger partial charge in [-0.2, -0.15) is 0 Å². The second-order valence-corrected chi connectivity index (χ2v) is 6.04. The molecular weight excluding hydrogens is 284 g/mol. The van der Waals surface area contributed by atoms with Crippen LogP contribution in [-0.4, -0.2) is 20.9 Å². The molecule has 6 heteroatoms. The molecule has 3 rings (SSSR count). The number of thiazole rings is 1. The number of amides is 1. The fraction of sp³-hybridized carbons (Fsp3) is 0.267. The van der Waals surface area contributed by atoms with Crippen molar-refractivity contribution in [1.82, 2.24) is 20.3 Å². The molecule has 2 N–H and O–H groups in total. The summed E-state index contributed by atoms with van der Waals surface area (Å²) in [4.78, 5) is 23.8. The third kappa shape index (κ3) is 2.95. The standard InChI is InChI=1S/C15H16N4OS/c1-9(2)15-19-11(7-21-15)6-16-14(20)10-3-4-12-13(5-10)18-8-17-12/h3-5,7-9H,6H2,1-2H3,(H,16,20)(H,17,18). The van der Waals surface area contributed by atoms with Gasteiger partial charge in [0.25, 0.3) is 5.91 Å². The molecule has 0 aliphatic heterocycles. The van der Waals surface area contributed by atoms with Crippen molar-refractivity contribution in [3.8, 4) is 0 Å². The average molecular weight is 300 g/mol. The Hall–Kier alpha value is -2.21. The molecule has 1 amide bonds. The van der Waals surface area contributed by atoms with Crippen LogP contribution in [0.3, 0.4) is 0 Å². The van der Waals surface area contributed by atoms with Crippen molar-refractivity contribution in [2.75, 3.05) is 0 Å². The first-order valence-electron chi connectivity index (χ1n) is 6.79. The van der Waals surface area contributed by atoms with Crippen LogP contribution in [0.1, 0.15) is 40.8 Å². The van der Waals surface area contributed by atoms with E-state index in [4.69, 9.17) is 0 Å². The molecule has 0 atom stereocenters. The van der Waals surface area contributed by atoms with Crippen molar-refractivity contribution < 1.29 is 4.79 Å². The van der Waals surface area contributed by atoms with Crippen molar-refractivity contribution in [1.29, 1.82) is 0 Å². The SMILES string of the molecule is CC(C)c1nc(CNC(=O)c2ccc3nc[nH]c3c2)cs1. The van der Waals surface area contributed by atoms with Gasteiger partial charge in [-0.1, -0.05) is 13.8 Å². The third-order valence-corrected chi connectivity index (χ3v) is 4.37. The highest BCUT2D eigenvalue weighted by Gasteiger charge is 2.09. The predicted molar refractivity (Wildman–Crippen MR) is 83.5 cm³/mol. The van der Waals surface area contributed by atoms with Gasteiger partial charge in [0.1, 0.15) is 0 Å². The van der Waals surface area contributed by atoms with Gasteiger partial charge in [-0.15, -0.1) is 11.3 Å². The maximum atomic E-state index is 12.2. The molecule has 3 aromatic rings. The second kappa shape index (κ2) is 5.65. The number of hydrogen-bond donors (Lipinski definition) is 2. The average Bonchev–Trinajstić information content (AvgIpc) is 3.12. The lowest BCUT2D eigenvalue weighted by Gasteiger charge is -2.03. The molecule has 2 heterocycles. The van der Waals surface area contributed by atoms with Crippen molar-refractivity contribution >= 4 is 28.3 Å². The molecule has 0 saturated carbocycles. The highest BCUT2D eigenvalue weighted by molar-refractivity contribution is 7.09. The van der Waals surface area contributed by atoms with Crippen molar-refractivity contribution in [2.24, 2.45) is 0 Å². The molecule has 108 valence electrons. The van der Waals surface area contributed by atoms with Gasteiger partial charge >= 0.3 is 0 Å². The number of aromatic nitrogens is 3. The van der Waals surface area contributed by atoms with E-state index in [9.17, 15) is 4.79 Å². The summed E-state index contributed by atoms with van der Waals surface area (Å²) in [6, 6.07) is 5.41. The first-order chi connectivity index (χ1) is 10.1. The Labute approximate surface area is 126 Å². The van der Waals surface area contributed by atoms with Gasteiger partial charge in [0.2, 0.25) is 0 Å². The molecule has 2 aromatic heterocycles. The Morgan fingerprint density at radius 1 is 1.43 bits per heavy atom. The molecule has 0 radical (unpaired) electrons. The summed E-state index contributed by atoms with van der Waals surface area (Å²) in [6.07, 6.45) is 1.62. The van der Waals surface area contributed by atoms with E-state index in [0.717, 1.165) is 21.7 Å². The van der Waals surface area contributed by atoms with Gasteiger partial charge in [0.15, 0.2) is 0 Å². The maximum Gasteiger partial charge on any atom is 0.251 e. The number of hydrogen-bond acceptors (Lipinski definition) is 4. The Balaban J connectivity index is 1.67. The molecule has 0 aliphatic carbocycles. The summed E-state index contributed by atoms with van der Waals surface area (Å²) in [6.45, 7) is 4.67. The molecule has 0 aliphatic rings. The maximum absolute atomic E-state index is 12.2. The van der Waals surface area contributed by atoms with Crippen molar-refractivity contribution in [2.45, 2.75) is 26.3 Å². The topological polar surface area (TPSA) is 70.7 Å². The lowest BCUT2D eigenvalue weighted by Crippen LogP contribution is -2.22. The van der Waals surface area contributed by atoms with Crippen molar-refractivity contribution in [3.63, 3.8) is 0 Å². The van der Waals surface area contributed by atoms with E-state index in [2.05, 4.69) is 34.1 Å². The number of carbonyl (C=O) groups excluding carboxylic acids is 1. The summed E-state index contributed by atoms with van der Waals surface area (Å²) < 4.78 is 0. The van der Waals surface area contributed by atoms with E-state index in [1.165, 1.54) is 0 Å². The quantitative estimate of drug-likeness (QED) is 0.778. The first kappa shape index (κ1) is 13.8. The summed E-state index contributed by atoms with van der Waals surface area (Å²) in [5, 5.41) is 5.98. The zero-order chi connectivity index (χ0) is 14.8. The summed E-state index contributed by atoms with van der Waals surface area (Å²) in [5.41, 5.74) is 3.23. The van der Waals surface area contributed by atoms with Gasteiger partial charge in [-0.25, -0.2) is 9.97 Å². The van der Waals surface area contributed by atoms with Crippen LogP contribution >= 0.6 is 11.3 Å². The Morgan fingerprint density at radius 2 is 2.29 bits per heavy atom. The van der Waals surface area contributed by atoms with Crippen molar-refractivity contribution in [3.05, 3.63) is 46.2 Å². The minimum absolute atomic E-state index is 0.106. The molecule has 0 bridgehead atoms. The van der Waals surface area contributed by atoms with Gasteiger partial charge in [-0.3, -0.25) is 4.79 Å². The molecule has 0 spiro atoms. The zero-order valence-electron chi connectivity index (χ0n) is 11.9. The van der Waals surface area contributed by atoms with E-state index in [0.29, 0.717) is 18.0 Å². The normalized spacial score (nSPS) is 11.2. The lowest BCUT2D eigenvalue weighted by atomic mass is 10.2. The van der Waals surface area contributed by atoms with Crippen LogP contribution in [0.5, 0.6) is 0 Å². The monoisotopic (exact) mass is 300 g/mol. The van der Waals surface area contributed by atoms with Crippen LogP contribution in [0.25, 0.3) is 11.0 Å². The Bertz CT molecular complexity index is 775. The summed E-state index contributed by atoms with van der Waals surface area (Å²) >= 11 is 1.63. The number of H-pyrrole nitrogens is 1. The molecule has 0 fully saturated rings. The van der Waals surface area contributed by atoms with Gasteiger partial charge in [0, 0.05) is 16.9 Å². The van der Waals surface area contributed by atoms with E-state index in [-0.39, 0.29) is 5.91 Å². The van der Waals surface area contributed by atoms with E-state index >= 15 is 0 Å². The number of nitrogens with one attached hydrogen (secondary N) is 2. The summed E-state index contributed by atoms with van der Waals surface area (Å²) in [7, 11) is 0. The number of imidazole rings is 1. The van der Waals surface area contributed by atoms with E-state index in [1.54, 1.807) is 29.8 Å². The van der Waals surface area contributed by atoms with Crippen LogP contribution in [0.4, 0.5) is 0 Å². The Morgan fingerprint density at radius 3 is 3.05 bits per heavy atom. The number of fused-ring (bicyclic) bond motifs is 1. The Kier molecular flexibility index (Phi) is 3.70. The highest BCUT2D eigenvalue weighted by Crippen LogP contribution is 2.19. The second-order valence-electron chi connectivity index (χ2n) is 5.15. The predicted octanol–water partition coefficient (Wildman–Crippen LogP) is 3.07.